The first-order valence-corrected chi connectivity index (χ1v) is 5.88. The summed E-state index contributed by atoms with van der Waals surface area (Å²) in [5.74, 6) is -1.91. The predicted octanol–water partition coefficient (Wildman–Crippen LogP) is 4.18. The number of rotatable bonds is 2. The van der Waals surface area contributed by atoms with Crippen LogP contribution in [0.3, 0.4) is 0 Å². The van der Waals surface area contributed by atoms with E-state index < -0.39 is 17.5 Å². The average Bonchev–Trinajstić information content (AvgIpc) is 2.36. The zero-order chi connectivity index (χ0) is 14.0. The Morgan fingerprint density at radius 1 is 1.11 bits per heavy atom. The van der Waals surface area contributed by atoms with E-state index in [9.17, 15) is 13.6 Å². The number of nitrogens with one attached hydrogen (secondary N) is 1. The lowest BCUT2D eigenvalue weighted by Crippen LogP contribution is -2.14. The van der Waals surface area contributed by atoms with Gasteiger partial charge in [-0.15, -0.1) is 0 Å². The number of aryl methyl sites for hydroxylation is 1. The summed E-state index contributed by atoms with van der Waals surface area (Å²) < 4.78 is 26.7. The maximum Gasteiger partial charge on any atom is 0.258 e. The van der Waals surface area contributed by atoms with Gasteiger partial charge in [-0.05, 0) is 37.3 Å². The second kappa shape index (κ2) is 5.36. The van der Waals surface area contributed by atoms with Crippen LogP contribution in [-0.2, 0) is 0 Å². The van der Waals surface area contributed by atoms with E-state index in [0.29, 0.717) is 0 Å². The molecule has 0 radical (unpaired) electrons. The highest BCUT2D eigenvalue weighted by Gasteiger charge is 2.12. The van der Waals surface area contributed by atoms with Gasteiger partial charge in [0.25, 0.3) is 5.91 Å². The lowest BCUT2D eigenvalue weighted by molar-refractivity contribution is 0.102. The van der Waals surface area contributed by atoms with Crippen LogP contribution in [0, 0.1) is 18.6 Å². The number of carbonyl (C=O) groups excluding carboxylic acids is 1. The van der Waals surface area contributed by atoms with Crippen LogP contribution in [0.1, 0.15) is 15.9 Å². The molecular weight excluding hydrogens is 272 g/mol. The molecule has 0 aliphatic rings. The lowest BCUT2D eigenvalue weighted by Gasteiger charge is -2.07. The van der Waals surface area contributed by atoms with Gasteiger partial charge in [0.15, 0.2) is 0 Å². The summed E-state index contributed by atoms with van der Waals surface area (Å²) in [4.78, 5) is 11.9. The van der Waals surface area contributed by atoms with E-state index in [1.54, 1.807) is 13.0 Å². The molecule has 0 bridgehead atoms. The second-order valence-electron chi connectivity index (χ2n) is 4.07. The molecule has 0 atom stereocenters. The first-order valence-electron chi connectivity index (χ1n) is 5.50. The lowest BCUT2D eigenvalue weighted by atomic mass is 10.1. The van der Waals surface area contributed by atoms with Crippen molar-refractivity contribution in [2.75, 3.05) is 5.32 Å². The fraction of sp³-hybridized carbons (Fsp3) is 0.0714. The molecular formula is C14H10ClF2NO. The summed E-state index contributed by atoms with van der Waals surface area (Å²) in [6.07, 6.45) is 0. The quantitative estimate of drug-likeness (QED) is 0.879. The fourth-order valence-corrected chi connectivity index (χ4v) is 1.70. The monoisotopic (exact) mass is 281 g/mol. The molecule has 0 unspecified atom stereocenters. The molecule has 98 valence electrons. The fourth-order valence-electron chi connectivity index (χ4n) is 1.59. The van der Waals surface area contributed by atoms with Crippen LogP contribution in [0.4, 0.5) is 14.5 Å². The molecule has 0 aliphatic carbocycles. The maximum absolute atomic E-state index is 13.5. The predicted molar refractivity (Wildman–Crippen MR) is 70.5 cm³/mol. The molecule has 2 aromatic rings. The second-order valence-corrected chi connectivity index (χ2v) is 4.47. The third-order valence-electron chi connectivity index (χ3n) is 2.54. The molecule has 0 saturated carbocycles. The molecule has 0 heterocycles. The third kappa shape index (κ3) is 3.09. The minimum atomic E-state index is -0.649. The molecule has 0 spiro atoms. The van der Waals surface area contributed by atoms with Crippen LogP contribution in [-0.4, -0.2) is 5.91 Å². The average molecular weight is 282 g/mol. The summed E-state index contributed by atoms with van der Waals surface area (Å²) in [6, 6.07) is 8.04. The number of hydrogen-bond donors (Lipinski definition) is 1. The van der Waals surface area contributed by atoms with E-state index in [2.05, 4.69) is 5.32 Å². The Bertz CT molecular complexity index is 643. The Kier molecular flexibility index (Phi) is 3.81. The summed E-state index contributed by atoms with van der Waals surface area (Å²) in [5.41, 5.74) is 0.886. The Balaban J connectivity index is 2.25. The van der Waals surface area contributed by atoms with Crippen molar-refractivity contribution >= 4 is 23.2 Å². The normalized spacial score (nSPS) is 10.3. The molecule has 0 aromatic heterocycles. The van der Waals surface area contributed by atoms with Gasteiger partial charge in [0.1, 0.15) is 11.6 Å². The molecule has 0 fully saturated rings. The van der Waals surface area contributed by atoms with Gasteiger partial charge in [0.05, 0.1) is 10.6 Å². The van der Waals surface area contributed by atoms with Gasteiger partial charge in [0, 0.05) is 5.69 Å². The van der Waals surface area contributed by atoms with Gasteiger partial charge in [-0.3, -0.25) is 4.79 Å². The van der Waals surface area contributed by atoms with E-state index in [1.165, 1.54) is 24.3 Å². The molecule has 1 N–H and O–H groups in total. The SMILES string of the molecule is Cc1ccc(F)c(C(=O)Nc2ccc(Cl)c(F)c2)c1. The van der Waals surface area contributed by atoms with Crippen LogP contribution in [0.25, 0.3) is 0 Å². The molecule has 0 saturated heterocycles. The van der Waals surface area contributed by atoms with Crippen molar-refractivity contribution < 1.29 is 13.6 Å². The van der Waals surface area contributed by atoms with E-state index in [1.807, 2.05) is 0 Å². The first kappa shape index (κ1) is 13.5. The number of benzene rings is 2. The van der Waals surface area contributed by atoms with Crippen molar-refractivity contribution in [3.8, 4) is 0 Å². The summed E-state index contributed by atoms with van der Waals surface area (Å²) in [7, 11) is 0. The van der Waals surface area contributed by atoms with Crippen molar-refractivity contribution in [3.63, 3.8) is 0 Å². The number of carbonyl (C=O) groups is 1. The third-order valence-corrected chi connectivity index (χ3v) is 2.85. The standard InChI is InChI=1S/C14H10ClF2NO/c1-8-2-5-12(16)10(6-8)14(19)18-9-3-4-11(15)13(17)7-9/h2-7H,1H3,(H,18,19). The molecule has 0 aliphatic heterocycles. The van der Waals surface area contributed by atoms with Gasteiger partial charge in [-0.25, -0.2) is 8.78 Å². The van der Waals surface area contributed by atoms with Crippen LogP contribution in [0.15, 0.2) is 36.4 Å². The Labute approximate surface area is 114 Å². The van der Waals surface area contributed by atoms with Crippen molar-refractivity contribution in [2.45, 2.75) is 6.92 Å². The van der Waals surface area contributed by atoms with Crippen LogP contribution in [0.5, 0.6) is 0 Å². The molecule has 1 amide bonds. The van der Waals surface area contributed by atoms with E-state index in [0.717, 1.165) is 11.6 Å². The minimum absolute atomic E-state index is 0.0419. The zero-order valence-corrected chi connectivity index (χ0v) is 10.8. The largest absolute Gasteiger partial charge is 0.322 e. The van der Waals surface area contributed by atoms with Crippen LogP contribution >= 0.6 is 11.6 Å². The van der Waals surface area contributed by atoms with Crippen molar-refractivity contribution in [2.24, 2.45) is 0 Å². The van der Waals surface area contributed by atoms with Crippen LogP contribution in [0.2, 0.25) is 5.02 Å². The smallest absolute Gasteiger partial charge is 0.258 e. The van der Waals surface area contributed by atoms with Crippen molar-refractivity contribution in [1.82, 2.24) is 0 Å². The van der Waals surface area contributed by atoms with Crippen molar-refractivity contribution in [1.29, 1.82) is 0 Å². The van der Waals surface area contributed by atoms with Gasteiger partial charge in [-0.2, -0.15) is 0 Å². The molecule has 2 nitrogen and oxygen atoms in total. The number of hydrogen-bond acceptors (Lipinski definition) is 1. The molecule has 5 heteroatoms. The van der Waals surface area contributed by atoms with Gasteiger partial charge >= 0.3 is 0 Å². The highest BCUT2D eigenvalue weighted by atomic mass is 35.5. The van der Waals surface area contributed by atoms with E-state index >= 15 is 0 Å². The zero-order valence-electron chi connectivity index (χ0n) is 10.0. The molecule has 19 heavy (non-hydrogen) atoms. The highest BCUT2D eigenvalue weighted by molar-refractivity contribution is 6.30. The molecule has 2 rings (SSSR count). The van der Waals surface area contributed by atoms with Gasteiger partial charge in [-0.1, -0.05) is 23.2 Å². The highest BCUT2D eigenvalue weighted by Crippen LogP contribution is 2.20. The maximum atomic E-state index is 13.5. The minimum Gasteiger partial charge on any atom is -0.322 e. The first-order chi connectivity index (χ1) is 8.97. The van der Waals surface area contributed by atoms with Gasteiger partial charge in [0.2, 0.25) is 0 Å². The van der Waals surface area contributed by atoms with E-state index in [4.69, 9.17) is 11.6 Å². The Hall–Kier alpha value is -1.94. The Morgan fingerprint density at radius 3 is 2.53 bits per heavy atom. The molecule has 2 aromatic carbocycles. The number of halogens is 3. The topological polar surface area (TPSA) is 29.1 Å². The number of anilines is 1. The summed E-state index contributed by atoms with van der Waals surface area (Å²) >= 11 is 5.53. The van der Waals surface area contributed by atoms with Crippen molar-refractivity contribution in [3.05, 3.63) is 64.2 Å². The van der Waals surface area contributed by atoms with Gasteiger partial charge < -0.3 is 5.32 Å². The van der Waals surface area contributed by atoms with Crippen LogP contribution < -0.4 is 5.32 Å². The number of amides is 1. The summed E-state index contributed by atoms with van der Waals surface area (Å²) in [6.45, 7) is 1.75. The van der Waals surface area contributed by atoms with E-state index in [-0.39, 0.29) is 16.3 Å². The Morgan fingerprint density at radius 2 is 1.84 bits per heavy atom. The summed E-state index contributed by atoms with van der Waals surface area (Å²) in [5, 5.41) is 2.37.